The number of guanidine groups is 1. The van der Waals surface area contributed by atoms with E-state index in [0.717, 1.165) is 88.3 Å². The molecular weight excluding hydrogens is 523 g/mol. The molecule has 182 valence electrons. The first-order valence-corrected chi connectivity index (χ1v) is 11.5. The number of ether oxygens (including phenoxy) is 1. The molecule has 1 aromatic heterocycles. The van der Waals surface area contributed by atoms with Crippen molar-refractivity contribution in [1.29, 1.82) is 0 Å². The number of oxazole rings is 1. The third-order valence-electron chi connectivity index (χ3n) is 6.28. The Hall–Kier alpha value is -1.56. The molecule has 9 nitrogen and oxygen atoms in total. The fraction of sp³-hybridized carbons (Fsp3) is 0.773. The van der Waals surface area contributed by atoms with Crippen LogP contribution in [-0.2, 0) is 11.3 Å². The minimum absolute atomic E-state index is 0. The Labute approximate surface area is 208 Å². The highest BCUT2D eigenvalue weighted by molar-refractivity contribution is 14.0. The van der Waals surface area contributed by atoms with Gasteiger partial charge in [0.1, 0.15) is 5.76 Å². The lowest BCUT2D eigenvalue weighted by Gasteiger charge is -2.33. The summed E-state index contributed by atoms with van der Waals surface area (Å²) in [5.74, 6) is 3.22. The van der Waals surface area contributed by atoms with Gasteiger partial charge in [-0.3, -0.25) is 9.89 Å². The highest BCUT2D eigenvalue weighted by Gasteiger charge is 2.25. The van der Waals surface area contributed by atoms with E-state index in [9.17, 15) is 4.79 Å². The van der Waals surface area contributed by atoms with Gasteiger partial charge in [-0.15, -0.1) is 24.0 Å². The van der Waals surface area contributed by atoms with Gasteiger partial charge in [0.2, 0.25) is 5.89 Å². The number of hydrogen-bond acceptors (Lipinski definition) is 6. The van der Waals surface area contributed by atoms with Crippen molar-refractivity contribution in [2.24, 2.45) is 10.9 Å². The summed E-state index contributed by atoms with van der Waals surface area (Å²) in [4.78, 5) is 24.9. The predicted molar refractivity (Wildman–Crippen MR) is 136 cm³/mol. The van der Waals surface area contributed by atoms with Gasteiger partial charge in [-0.2, -0.15) is 0 Å². The molecule has 0 radical (unpaired) electrons. The van der Waals surface area contributed by atoms with Gasteiger partial charge in [-0.1, -0.05) is 0 Å². The van der Waals surface area contributed by atoms with Gasteiger partial charge in [0.25, 0.3) is 0 Å². The van der Waals surface area contributed by atoms with Gasteiger partial charge in [0, 0.05) is 32.7 Å². The lowest BCUT2D eigenvalue weighted by molar-refractivity contribution is 0.0963. The van der Waals surface area contributed by atoms with Crippen molar-refractivity contribution >= 4 is 36.0 Å². The maximum atomic E-state index is 11.8. The van der Waals surface area contributed by atoms with Crippen LogP contribution in [0.4, 0.5) is 4.79 Å². The molecule has 0 unspecified atom stereocenters. The molecule has 0 aliphatic carbocycles. The lowest BCUT2D eigenvalue weighted by atomic mass is 9.97. The Balaban J connectivity index is 0.00000363. The van der Waals surface area contributed by atoms with Crippen molar-refractivity contribution < 1.29 is 13.9 Å². The SMILES string of the molecule is CCOC(=O)N1CCC(NC(=NC)NCC2CCN(Cc3nc(C)c(C)o3)CC2)CC1.I. The highest BCUT2D eigenvalue weighted by atomic mass is 127. The second-order valence-electron chi connectivity index (χ2n) is 8.53. The second-order valence-corrected chi connectivity index (χ2v) is 8.53. The number of amides is 1. The topological polar surface area (TPSA) is 95.2 Å². The number of aliphatic imine (C=N–C) groups is 1. The van der Waals surface area contributed by atoms with Crippen LogP contribution in [0.1, 0.15) is 50.0 Å². The first kappa shape index (κ1) is 26.7. The summed E-state index contributed by atoms with van der Waals surface area (Å²) in [7, 11) is 1.81. The molecule has 32 heavy (non-hydrogen) atoms. The normalized spacial score (nSPS) is 18.9. The number of aromatic nitrogens is 1. The van der Waals surface area contributed by atoms with Crippen molar-refractivity contribution in [2.75, 3.05) is 46.4 Å². The van der Waals surface area contributed by atoms with Gasteiger partial charge >= 0.3 is 6.09 Å². The van der Waals surface area contributed by atoms with E-state index in [2.05, 4.69) is 25.5 Å². The Kier molecular flexibility index (Phi) is 11.0. The summed E-state index contributed by atoms with van der Waals surface area (Å²) in [5, 5.41) is 7.02. The summed E-state index contributed by atoms with van der Waals surface area (Å²) in [6, 6.07) is 0.325. The number of hydrogen-bond donors (Lipinski definition) is 2. The molecule has 3 heterocycles. The maximum Gasteiger partial charge on any atom is 0.409 e. The number of nitrogens with zero attached hydrogens (tertiary/aromatic N) is 4. The molecule has 1 amide bonds. The van der Waals surface area contributed by atoms with Crippen LogP contribution in [0.3, 0.4) is 0 Å². The molecule has 1 aromatic rings. The predicted octanol–water partition coefficient (Wildman–Crippen LogP) is 2.91. The molecule has 0 bridgehead atoms. The van der Waals surface area contributed by atoms with Crippen LogP contribution in [0.5, 0.6) is 0 Å². The number of piperidine rings is 2. The minimum atomic E-state index is -0.206. The van der Waals surface area contributed by atoms with Crippen LogP contribution in [0.25, 0.3) is 0 Å². The second kappa shape index (κ2) is 13.2. The molecular formula is C22H39IN6O3. The van der Waals surface area contributed by atoms with Crippen LogP contribution in [0.15, 0.2) is 9.41 Å². The Morgan fingerprint density at radius 1 is 1.19 bits per heavy atom. The number of carbonyl (C=O) groups is 1. The average molecular weight is 562 g/mol. The van der Waals surface area contributed by atoms with Crippen molar-refractivity contribution in [2.45, 2.75) is 59.0 Å². The summed E-state index contributed by atoms with van der Waals surface area (Å²) >= 11 is 0. The third-order valence-corrected chi connectivity index (χ3v) is 6.28. The van der Waals surface area contributed by atoms with E-state index in [1.807, 2.05) is 27.8 Å². The average Bonchev–Trinajstić information content (AvgIpc) is 3.09. The van der Waals surface area contributed by atoms with E-state index in [-0.39, 0.29) is 30.1 Å². The zero-order chi connectivity index (χ0) is 22.2. The number of carbonyl (C=O) groups excluding carboxylic acids is 1. The summed E-state index contributed by atoms with van der Waals surface area (Å²) in [6.45, 7) is 11.5. The van der Waals surface area contributed by atoms with Gasteiger partial charge < -0.3 is 24.7 Å². The summed E-state index contributed by atoms with van der Waals surface area (Å²) in [5.41, 5.74) is 0.986. The third kappa shape index (κ3) is 7.79. The number of nitrogens with one attached hydrogen (secondary N) is 2. The molecule has 2 aliphatic heterocycles. The zero-order valence-corrected chi connectivity index (χ0v) is 22.2. The first-order valence-electron chi connectivity index (χ1n) is 11.5. The Morgan fingerprint density at radius 3 is 2.44 bits per heavy atom. The van der Waals surface area contributed by atoms with Crippen LogP contribution >= 0.6 is 24.0 Å². The van der Waals surface area contributed by atoms with E-state index in [1.54, 1.807) is 4.90 Å². The van der Waals surface area contributed by atoms with Crippen molar-refractivity contribution in [1.82, 2.24) is 25.4 Å². The molecule has 2 aliphatic rings. The van der Waals surface area contributed by atoms with Crippen molar-refractivity contribution in [3.05, 3.63) is 17.3 Å². The zero-order valence-electron chi connectivity index (χ0n) is 19.9. The summed E-state index contributed by atoms with van der Waals surface area (Å²) in [6.07, 6.45) is 3.90. The molecule has 2 fully saturated rings. The van der Waals surface area contributed by atoms with E-state index >= 15 is 0 Å². The van der Waals surface area contributed by atoms with Crippen LogP contribution in [0, 0.1) is 19.8 Å². The Morgan fingerprint density at radius 2 is 1.88 bits per heavy atom. The minimum Gasteiger partial charge on any atom is -0.450 e. The molecule has 10 heteroatoms. The fourth-order valence-corrected chi connectivity index (χ4v) is 4.20. The van der Waals surface area contributed by atoms with Crippen molar-refractivity contribution in [3.63, 3.8) is 0 Å². The van der Waals surface area contributed by atoms with E-state index in [0.29, 0.717) is 18.6 Å². The van der Waals surface area contributed by atoms with Crippen LogP contribution < -0.4 is 10.6 Å². The number of likely N-dealkylation sites (tertiary alicyclic amines) is 2. The number of rotatable bonds is 6. The summed E-state index contributed by atoms with van der Waals surface area (Å²) < 4.78 is 10.8. The van der Waals surface area contributed by atoms with Crippen LogP contribution in [0.2, 0.25) is 0 Å². The molecule has 2 saturated heterocycles. The fourth-order valence-electron chi connectivity index (χ4n) is 4.20. The van der Waals surface area contributed by atoms with Crippen molar-refractivity contribution in [3.8, 4) is 0 Å². The van der Waals surface area contributed by atoms with Gasteiger partial charge in [0.05, 0.1) is 18.8 Å². The van der Waals surface area contributed by atoms with E-state index in [1.165, 1.54) is 0 Å². The lowest BCUT2D eigenvalue weighted by Crippen LogP contribution is -2.50. The molecule has 0 spiro atoms. The largest absolute Gasteiger partial charge is 0.450 e. The van der Waals surface area contributed by atoms with Crippen LogP contribution in [-0.4, -0.2) is 79.3 Å². The quantitative estimate of drug-likeness (QED) is 0.313. The molecule has 0 aromatic carbocycles. The maximum absolute atomic E-state index is 11.8. The van der Waals surface area contributed by atoms with Gasteiger partial charge in [-0.05, 0) is 65.5 Å². The first-order chi connectivity index (χ1) is 15.0. The van der Waals surface area contributed by atoms with E-state index in [4.69, 9.17) is 9.15 Å². The number of aryl methyl sites for hydroxylation is 2. The van der Waals surface area contributed by atoms with E-state index < -0.39 is 0 Å². The molecule has 2 N–H and O–H groups in total. The monoisotopic (exact) mass is 562 g/mol. The highest BCUT2D eigenvalue weighted by Crippen LogP contribution is 2.19. The Bertz CT molecular complexity index is 721. The standard InChI is InChI=1S/C22H38N6O3.HI/c1-5-30-22(29)28-12-8-19(9-13-28)26-21(23-4)24-14-18-6-10-27(11-7-18)15-20-25-16(2)17(3)31-20;/h18-19H,5-15H2,1-4H3,(H2,23,24,26);1H. The number of halogens is 1. The smallest absolute Gasteiger partial charge is 0.409 e. The van der Waals surface area contributed by atoms with Gasteiger partial charge in [0.15, 0.2) is 5.96 Å². The molecule has 0 atom stereocenters. The molecule has 0 saturated carbocycles. The molecule has 3 rings (SSSR count). The van der Waals surface area contributed by atoms with Gasteiger partial charge in [-0.25, -0.2) is 9.78 Å².